The van der Waals surface area contributed by atoms with Crippen LogP contribution in [-0.4, -0.2) is 15.9 Å². The van der Waals surface area contributed by atoms with Gasteiger partial charge < -0.3 is 11.1 Å². The van der Waals surface area contributed by atoms with E-state index in [1.165, 1.54) is 11.3 Å². The third kappa shape index (κ3) is 2.34. The summed E-state index contributed by atoms with van der Waals surface area (Å²) in [6.45, 7) is 3.38. The normalized spacial score (nSPS) is 11.4. The van der Waals surface area contributed by atoms with Crippen molar-refractivity contribution in [3.05, 3.63) is 24.3 Å². The summed E-state index contributed by atoms with van der Waals surface area (Å²) in [6, 6.07) is 7.71. The molecule has 0 spiro atoms. The Morgan fingerprint density at radius 3 is 2.72 bits per heavy atom. The summed E-state index contributed by atoms with van der Waals surface area (Å²) in [5.41, 5.74) is 5.54. The van der Waals surface area contributed by atoms with Crippen LogP contribution in [0.5, 0.6) is 0 Å². The lowest BCUT2D eigenvalue weighted by Gasteiger charge is -2.20. The molecule has 4 nitrogen and oxygen atoms in total. The van der Waals surface area contributed by atoms with Gasteiger partial charge in [0.1, 0.15) is 0 Å². The summed E-state index contributed by atoms with van der Waals surface area (Å²) in [4.78, 5) is 16.5. The van der Waals surface area contributed by atoms with Gasteiger partial charge in [0.2, 0.25) is 5.91 Å². The van der Waals surface area contributed by atoms with Crippen molar-refractivity contribution in [2.75, 3.05) is 5.32 Å². The van der Waals surface area contributed by atoms with Crippen LogP contribution in [0.15, 0.2) is 24.3 Å². The van der Waals surface area contributed by atoms with Gasteiger partial charge in [-0.3, -0.25) is 4.79 Å². The molecule has 94 valence electrons. The standard InChI is InChI=1S/C12H13N3OS2/c1-12(2,9(13)17)10(16)15-11-14-7-5-3-4-6-8(7)18-11/h3-6H,1-2H3,(H2,13,17)(H,14,15,16). The molecule has 0 atom stereocenters. The fourth-order valence-electron chi connectivity index (χ4n) is 1.29. The smallest absolute Gasteiger partial charge is 0.238 e. The number of thiazole rings is 1. The number of fused-ring (bicyclic) bond motifs is 1. The van der Waals surface area contributed by atoms with Crippen molar-refractivity contribution in [3.63, 3.8) is 0 Å². The van der Waals surface area contributed by atoms with Gasteiger partial charge in [-0.15, -0.1) is 0 Å². The maximum atomic E-state index is 12.0. The lowest BCUT2D eigenvalue weighted by molar-refractivity contribution is -0.121. The predicted molar refractivity (Wildman–Crippen MR) is 78.8 cm³/mol. The van der Waals surface area contributed by atoms with E-state index in [1.807, 2.05) is 24.3 Å². The van der Waals surface area contributed by atoms with Crippen molar-refractivity contribution in [2.45, 2.75) is 13.8 Å². The Kier molecular flexibility index (Phi) is 3.32. The van der Waals surface area contributed by atoms with Gasteiger partial charge in [-0.1, -0.05) is 35.7 Å². The van der Waals surface area contributed by atoms with Crippen LogP contribution in [0, 0.1) is 5.41 Å². The molecule has 1 heterocycles. The monoisotopic (exact) mass is 279 g/mol. The Labute approximate surface area is 114 Å². The number of nitrogens with zero attached hydrogens (tertiary/aromatic N) is 1. The zero-order chi connectivity index (χ0) is 13.3. The van der Waals surface area contributed by atoms with E-state index < -0.39 is 5.41 Å². The number of nitrogens with two attached hydrogens (primary N) is 1. The van der Waals surface area contributed by atoms with E-state index in [1.54, 1.807) is 13.8 Å². The van der Waals surface area contributed by atoms with E-state index in [4.69, 9.17) is 18.0 Å². The number of benzene rings is 1. The number of hydrogen-bond acceptors (Lipinski definition) is 4. The van der Waals surface area contributed by atoms with Crippen LogP contribution < -0.4 is 11.1 Å². The van der Waals surface area contributed by atoms with E-state index in [0.29, 0.717) is 5.13 Å². The number of rotatable bonds is 3. The highest BCUT2D eigenvalue weighted by Gasteiger charge is 2.31. The molecule has 2 aromatic rings. The van der Waals surface area contributed by atoms with Crippen molar-refractivity contribution < 1.29 is 4.79 Å². The van der Waals surface area contributed by atoms with E-state index in [-0.39, 0.29) is 10.9 Å². The highest BCUT2D eigenvalue weighted by Crippen LogP contribution is 2.27. The second-order valence-corrected chi connectivity index (χ2v) is 5.90. The molecule has 1 amide bonds. The van der Waals surface area contributed by atoms with Crippen LogP contribution >= 0.6 is 23.6 Å². The first-order chi connectivity index (χ1) is 8.41. The molecule has 0 bridgehead atoms. The van der Waals surface area contributed by atoms with Gasteiger partial charge in [-0.25, -0.2) is 4.98 Å². The Hall–Kier alpha value is -1.53. The minimum absolute atomic E-state index is 0.168. The fourth-order valence-corrected chi connectivity index (χ4v) is 2.24. The average Bonchev–Trinajstić information content (AvgIpc) is 2.70. The van der Waals surface area contributed by atoms with Crippen LogP contribution in [0.2, 0.25) is 0 Å². The molecule has 0 unspecified atom stereocenters. The highest BCUT2D eigenvalue weighted by molar-refractivity contribution is 7.80. The van der Waals surface area contributed by atoms with Crippen molar-refractivity contribution >= 4 is 49.8 Å². The third-order valence-electron chi connectivity index (χ3n) is 2.70. The van der Waals surface area contributed by atoms with Gasteiger partial charge in [0.25, 0.3) is 0 Å². The molecule has 0 aliphatic heterocycles. The van der Waals surface area contributed by atoms with Crippen molar-refractivity contribution in [2.24, 2.45) is 11.1 Å². The van der Waals surface area contributed by atoms with Gasteiger partial charge in [-0.05, 0) is 26.0 Å². The minimum atomic E-state index is -0.882. The van der Waals surface area contributed by atoms with Crippen LogP contribution in [-0.2, 0) is 4.79 Å². The number of carbonyl (C=O) groups is 1. The Bertz CT molecular complexity index is 586. The predicted octanol–water partition coefficient (Wildman–Crippen LogP) is 2.55. The number of aromatic nitrogens is 1. The van der Waals surface area contributed by atoms with Crippen molar-refractivity contribution in [3.8, 4) is 0 Å². The molecule has 1 aromatic carbocycles. The Morgan fingerprint density at radius 1 is 1.44 bits per heavy atom. The molecule has 0 radical (unpaired) electrons. The zero-order valence-electron chi connectivity index (χ0n) is 10.1. The van der Waals surface area contributed by atoms with E-state index in [2.05, 4.69) is 10.3 Å². The van der Waals surface area contributed by atoms with Gasteiger partial charge in [0, 0.05) is 0 Å². The van der Waals surface area contributed by atoms with Crippen LogP contribution in [0.4, 0.5) is 5.13 Å². The minimum Gasteiger partial charge on any atom is -0.392 e. The first-order valence-electron chi connectivity index (χ1n) is 5.38. The van der Waals surface area contributed by atoms with Crippen LogP contribution in [0.1, 0.15) is 13.8 Å². The van der Waals surface area contributed by atoms with Gasteiger partial charge >= 0.3 is 0 Å². The van der Waals surface area contributed by atoms with Crippen LogP contribution in [0.3, 0.4) is 0 Å². The SMILES string of the molecule is CC(C)(C(=O)Nc1nc2ccccc2s1)C(N)=S. The number of carbonyl (C=O) groups excluding carboxylic acids is 1. The molecule has 0 aliphatic rings. The van der Waals surface area contributed by atoms with Gasteiger partial charge in [0.05, 0.1) is 20.6 Å². The molecule has 3 N–H and O–H groups in total. The molecule has 2 rings (SSSR count). The number of thiocarbonyl (C=S) groups is 1. The van der Waals surface area contributed by atoms with Crippen LogP contribution in [0.25, 0.3) is 10.2 Å². The lowest BCUT2D eigenvalue weighted by Crippen LogP contribution is -2.41. The summed E-state index contributed by atoms with van der Waals surface area (Å²) in [7, 11) is 0. The molecule has 0 aliphatic carbocycles. The molecule has 0 saturated heterocycles. The topological polar surface area (TPSA) is 68.0 Å². The lowest BCUT2D eigenvalue weighted by atomic mass is 9.92. The summed E-state index contributed by atoms with van der Waals surface area (Å²) in [6.07, 6.45) is 0. The summed E-state index contributed by atoms with van der Waals surface area (Å²) in [5, 5.41) is 3.31. The Balaban J connectivity index is 2.24. The number of anilines is 1. The van der Waals surface area contributed by atoms with Crippen molar-refractivity contribution in [1.29, 1.82) is 0 Å². The maximum absolute atomic E-state index is 12.0. The molecule has 18 heavy (non-hydrogen) atoms. The summed E-state index contributed by atoms with van der Waals surface area (Å²) < 4.78 is 1.03. The number of para-hydroxylation sites is 1. The second-order valence-electron chi connectivity index (χ2n) is 4.43. The summed E-state index contributed by atoms with van der Waals surface area (Å²) >= 11 is 6.31. The van der Waals surface area contributed by atoms with E-state index in [0.717, 1.165) is 10.2 Å². The third-order valence-corrected chi connectivity index (χ3v) is 4.16. The quantitative estimate of drug-likeness (QED) is 0.847. The maximum Gasteiger partial charge on any atom is 0.238 e. The first kappa shape index (κ1) is 12.9. The van der Waals surface area contributed by atoms with E-state index >= 15 is 0 Å². The average molecular weight is 279 g/mol. The van der Waals surface area contributed by atoms with Gasteiger partial charge in [0.15, 0.2) is 5.13 Å². The second kappa shape index (κ2) is 4.62. The first-order valence-corrected chi connectivity index (χ1v) is 6.60. The molecule has 6 heteroatoms. The molecule has 0 fully saturated rings. The number of nitrogens with one attached hydrogen (secondary N) is 1. The fraction of sp³-hybridized carbons (Fsp3) is 0.250. The Morgan fingerprint density at radius 2 is 2.11 bits per heavy atom. The number of amides is 1. The zero-order valence-corrected chi connectivity index (χ0v) is 11.7. The molecular formula is C12H13N3OS2. The molecular weight excluding hydrogens is 266 g/mol. The molecule has 1 aromatic heterocycles. The molecule has 0 saturated carbocycles. The van der Waals surface area contributed by atoms with E-state index in [9.17, 15) is 4.79 Å². The van der Waals surface area contributed by atoms with Crippen molar-refractivity contribution in [1.82, 2.24) is 4.98 Å². The number of hydrogen-bond donors (Lipinski definition) is 2. The largest absolute Gasteiger partial charge is 0.392 e. The van der Waals surface area contributed by atoms with Gasteiger partial charge in [-0.2, -0.15) is 0 Å². The summed E-state index contributed by atoms with van der Waals surface area (Å²) in [5.74, 6) is -0.242. The highest BCUT2D eigenvalue weighted by atomic mass is 32.1.